The van der Waals surface area contributed by atoms with E-state index in [0.717, 1.165) is 10.6 Å². The van der Waals surface area contributed by atoms with E-state index in [1.54, 1.807) is 29.7 Å². The van der Waals surface area contributed by atoms with Gasteiger partial charge in [-0.3, -0.25) is 0 Å². The third kappa shape index (κ3) is 2.78. The van der Waals surface area contributed by atoms with Crippen LogP contribution in [0, 0.1) is 0 Å². The van der Waals surface area contributed by atoms with E-state index in [1.165, 1.54) is 0 Å². The average molecular weight is 240 g/mol. The molecule has 78 valence electrons. The summed E-state index contributed by atoms with van der Waals surface area (Å²) in [5.41, 5.74) is 0.870. The molecule has 0 fully saturated rings. The Bertz CT molecular complexity index is 413. The molecule has 15 heavy (non-hydrogen) atoms. The first kappa shape index (κ1) is 10.6. The van der Waals surface area contributed by atoms with Crippen molar-refractivity contribution >= 4 is 22.9 Å². The van der Waals surface area contributed by atoms with E-state index < -0.39 is 6.10 Å². The maximum Gasteiger partial charge on any atom is 0.0954 e. The second kappa shape index (κ2) is 4.75. The Balaban J connectivity index is 2.08. The van der Waals surface area contributed by atoms with Gasteiger partial charge in [-0.05, 0) is 17.7 Å². The molecule has 1 heterocycles. The Labute approximate surface area is 97.2 Å². The number of aromatic nitrogens is 1. The second-order valence-electron chi connectivity index (χ2n) is 3.20. The summed E-state index contributed by atoms with van der Waals surface area (Å²) in [7, 11) is 0. The predicted octanol–water partition coefficient (Wildman–Crippen LogP) is 3.07. The number of rotatable bonds is 3. The number of halogens is 1. The molecule has 1 N–H and O–H groups in total. The first-order valence-electron chi connectivity index (χ1n) is 4.57. The van der Waals surface area contributed by atoms with Crippen LogP contribution in [0.25, 0.3) is 0 Å². The zero-order valence-electron chi connectivity index (χ0n) is 7.93. The minimum Gasteiger partial charge on any atom is -0.388 e. The van der Waals surface area contributed by atoms with Gasteiger partial charge >= 0.3 is 0 Å². The van der Waals surface area contributed by atoms with Crippen LogP contribution in [0.3, 0.4) is 0 Å². The molecule has 0 aliphatic rings. The van der Waals surface area contributed by atoms with Crippen LogP contribution in [0.4, 0.5) is 0 Å². The standard InChI is InChI=1S/C11H10ClNOS/c12-9-3-1-8(2-4-9)10(14)7-11-13-5-6-15-11/h1-6,10,14H,7H2. The normalized spacial score (nSPS) is 12.7. The van der Waals surface area contributed by atoms with E-state index in [2.05, 4.69) is 4.98 Å². The van der Waals surface area contributed by atoms with E-state index >= 15 is 0 Å². The van der Waals surface area contributed by atoms with Crippen molar-refractivity contribution in [2.45, 2.75) is 12.5 Å². The highest BCUT2D eigenvalue weighted by Gasteiger charge is 2.09. The van der Waals surface area contributed by atoms with E-state index in [-0.39, 0.29) is 0 Å². The minimum absolute atomic E-state index is 0.506. The van der Waals surface area contributed by atoms with Gasteiger partial charge in [-0.1, -0.05) is 23.7 Å². The summed E-state index contributed by atoms with van der Waals surface area (Å²) >= 11 is 7.32. The molecule has 1 atom stereocenters. The molecule has 2 rings (SSSR count). The van der Waals surface area contributed by atoms with Gasteiger partial charge in [0.2, 0.25) is 0 Å². The maximum atomic E-state index is 9.91. The molecule has 1 aromatic heterocycles. The molecule has 1 unspecified atom stereocenters. The smallest absolute Gasteiger partial charge is 0.0954 e. The number of nitrogens with zero attached hydrogens (tertiary/aromatic N) is 1. The summed E-state index contributed by atoms with van der Waals surface area (Å²) in [5.74, 6) is 0. The van der Waals surface area contributed by atoms with E-state index in [4.69, 9.17) is 11.6 Å². The van der Waals surface area contributed by atoms with Crippen molar-refractivity contribution in [1.29, 1.82) is 0 Å². The highest BCUT2D eigenvalue weighted by atomic mass is 35.5. The van der Waals surface area contributed by atoms with Crippen LogP contribution in [-0.2, 0) is 6.42 Å². The largest absolute Gasteiger partial charge is 0.388 e. The van der Waals surface area contributed by atoms with Gasteiger partial charge < -0.3 is 5.11 Å². The number of aliphatic hydroxyl groups is 1. The zero-order valence-corrected chi connectivity index (χ0v) is 9.50. The van der Waals surface area contributed by atoms with E-state index in [1.807, 2.05) is 17.5 Å². The zero-order chi connectivity index (χ0) is 10.7. The van der Waals surface area contributed by atoms with Crippen molar-refractivity contribution in [1.82, 2.24) is 4.98 Å². The molecule has 0 saturated heterocycles. The summed E-state index contributed by atoms with van der Waals surface area (Å²) in [5, 5.41) is 13.4. The summed E-state index contributed by atoms with van der Waals surface area (Å²) in [6.45, 7) is 0. The summed E-state index contributed by atoms with van der Waals surface area (Å²) in [6.07, 6.45) is 1.79. The second-order valence-corrected chi connectivity index (χ2v) is 4.61. The summed E-state index contributed by atoms with van der Waals surface area (Å²) < 4.78 is 0. The van der Waals surface area contributed by atoms with Crippen molar-refractivity contribution < 1.29 is 5.11 Å². The van der Waals surface area contributed by atoms with Crippen LogP contribution in [0.1, 0.15) is 16.7 Å². The molecule has 2 aromatic rings. The predicted molar refractivity (Wildman–Crippen MR) is 62.2 cm³/mol. The maximum absolute atomic E-state index is 9.91. The third-order valence-electron chi connectivity index (χ3n) is 2.11. The third-order valence-corrected chi connectivity index (χ3v) is 3.16. The Morgan fingerprint density at radius 1 is 1.33 bits per heavy atom. The lowest BCUT2D eigenvalue weighted by Gasteiger charge is -2.08. The Morgan fingerprint density at radius 3 is 2.67 bits per heavy atom. The molecular formula is C11H10ClNOS. The molecule has 0 aliphatic carbocycles. The Hall–Kier alpha value is -0.900. The molecule has 2 nitrogen and oxygen atoms in total. The fraction of sp³-hybridized carbons (Fsp3) is 0.182. The lowest BCUT2D eigenvalue weighted by molar-refractivity contribution is 0.178. The van der Waals surface area contributed by atoms with Gasteiger partial charge in [0.1, 0.15) is 0 Å². The van der Waals surface area contributed by atoms with Crippen LogP contribution < -0.4 is 0 Å². The van der Waals surface area contributed by atoms with Crippen LogP contribution in [0.2, 0.25) is 5.02 Å². The summed E-state index contributed by atoms with van der Waals surface area (Å²) in [4.78, 5) is 4.13. The number of benzene rings is 1. The van der Waals surface area contributed by atoms with Crippen molar-refractivity contribution in [3.05, 3.63) is 51.4 Å². The first-order chi connectivity index (χ1) is 7.25. The van der Waals surface area contributed by atoms with E-state index in [0.29, 0.717) is 11.4 Å². The van der Waals surface area contributed by atoms with Gasteiger partial charge in [0.25, 0.3) is 0 Å². The van der Waals surface area contributed by atoms with Gasteiger partial charge in [-0.15, -0.1) is 11.3 Å². The molecule has 0 bridgehead atoms. The van der Waals surface area contributed by atoms with Crippen LogP contribution >= 0.6 is 22.9 Å². The van der Waals surface area contributed by atoms with Gasteiger partial charge in [0.15, 0.2) is 0 Å². The van der Waals surface area contributed by atoms with Crippen molar-refractivity contribution in [2.75, 3.05) is 0 Å². The SMILES string of the molecule is OC(Cc1nccs1)c1ccc(Cl)cc1. The Morgan fingerprint density at radius 2 is 2.07 bits per heavy atom. The molecule has 4 heteroatoms. The van der Waals surface area contributed by atoms with Crippen LogP contribution in [-0.4, -0.2) is 10.1 Å². The summed E-state index contributed by atoms with van der Waals surface area (Å²) in [6, 6.07) is 7.23. The molecule has 1 aromatic carbocycles. The highest BCUT2D eigenvalue weighted by molar-refractivity contribution is 7.09. The molecule has 0 spiro atoms. The molecule has 0 aliphatic heterocycles. The van der Waals surface area contributed by atoms with Gasteiger partial charge in [0.05, 0.1) is 11.1 Å². The fourth-order valence-corrected chi connectivity index (χ4v) is 2.10. The monoisotopic (exact) mass is 239 g/mol. The molecule has 0 amide bonds. The van der Waals surface area contributed by atoms with Crippen molar-refractivity contribution in [3.8, 4) is 0 Å². The average Bonchev–Trinajstić information content (AvgIpc) is 2.71. The number of aliphatic hydroxyl groups excluding tert-OH is 1. The topological polar surface area (TPSA) is 33.1 Å². The van der Waals surface area contributed by atoms with E-state index in [9.17, 15) is 5.11 Å². The number of hydrogen-bond donors (Lipinski definition) is 1. The minimum atomic E-state index is -0.506. The molecule has 0 saturated carbocycles. The van der Waals surface area contributed by atoms with Gasteiger partial charge in [-0.25, -0.2) is 4.98 Å². The first-order valence-corrected chi connectivity index (χ1v) is 5.83. The highest BCUT2D eigenvalue weighted by Crippen LogP contribution is 2.20. The quantitative estimate of drug-likeness (QED) is 0.893. The molecule has 0 radical (unpaired) electrons. The van der Waals surface area contributed by atoms with Crippen LogP contribution in [0.15, 0.2) is 35.8 Å². The van der Waals surface area contributed by atoms with Gasteiger partial charge in [-0.2, -0.15) is 0 Å². The van der Waals surface area contributed by atoms with Crippen molar-refractivity contribution in [2.24, 2.45) is 0 Å². The van der Waals surface area contributed by atoms with Crippen LogP contribution in [0.5, 0.6) is 0 Å². The molecular weight excluding hydrogens is 230 g/mol. The number of thiazole rings is 1. The lowest BCUT2D eigenvalue weighted by Crippen LogP contribution is -2.00. The fourth-order valence-electron chi connectivity index (χ4n) is 1.32. The Kier molecular flexibility index (Phi) is 3.36. The lowest BCUT2D eigenvalue weighted by atomic mass is 10.1. The van der Waals surface area contributed by atoms with Crippen molar-refractivity contribution in [3.63, 3.8) is 0 Å². The number of hydrogen-bond acceptors (Lipinski definition) is 3. The van der Waals surface area contributed by atoms with Gasteiger partial charge in [0, 0.05) is 23.0 Å².